The second-order valence-corrected chi connectivity index (χ2v) is 2.97. The number of hydrogen-bond donors (Lipinski definition) is 1. The van der Waals surface area contributed by atoms with Gasteiger partial charge in [-0.1, -0.05) is 0 Å². The Morgan fingerprint density at radius 1 is 0.875 bits per heavy atom. The Hall–Kier alpha value is -0.690. The van der Waals surface area contributed by atoms with Gasteiger partial charge in [0, 0.05) is 13.5 Å². The van der Waals surface area contributed by atoms with Gasteiger partial charge in [-0.05, 0) is 0 Å². The van der Waals surface area contributed by atoms with Gasteiger partial charge in [-0.2, -0.15) is 0 Å². The third-order valence-electron chi connectivity index (χ3n) is 1.54. The number of esters is 1. The van der Waals surface area contributed by atoms with Crippen LogP contribution in [0.4, 0.5) is 0 Å². The SMILES string of the molecule is CC(=O)OCCOCCOCCOCCN. The van der Waals surface area contributed by atoms with Crippen LogP contribution in [0, 0.1) is 0 Å². The summed E-state index contributed by atoms with van der Waals surface area (Å²) in [6.07, 6.45) is 0. The lowest BCUT2D eigenvalue weighted by Crippen LogP contribution is -2.14. The molecule has 0 bridgehead atoms. The first-order valence-electron chi connectivity index (χ1n) is 5.34. The van der Waals surface area contributed by atoms with Crippen LogP contribution in [0.15, 0.2) is 0 Å². The van der Waals surface area contributed by atoms with Crippen LogP contribution in [0.25, 0.3) is 0 Å². The largest absolute Gasteiger partial charge is 0.463 e. The van der Waals surface area contributed by atoms with E-state index in [1.54, 1.807) is 0 Å². The highest BCUT2D eigenvalue weighted by Crippen LogP contribution is 1.82. The number of hydrogen-bond acceptors (Lipinski definition) is 6. The second-order valence-electron chi connectivity index (χ2n) is 2.97. The topological polar surface area (TPSA) is 80.0 Å². The van der Waals surface area contributed by atoms with Crippen LogP contribution in [0.3, 0.4) is 0 Å². The Kier molecular flexibility index (Phi) is 11.8. The normalized spacial score (nSPS) is 10.4. The molecule has 0 saturated carbocycles. The molecule has 0 aromatic rings. The van der Waals surface area contributed by atoms with E-state index in [0.29, 0.717) is 46.2 Å². The van der Waals surface area contributed by atoms with Crippen LogP contribution < -0.4 is 5.73 Å². The van der Waals surface area contributed by atoms with Crippen molar-refractivity contribution in [2.24, 2.45) is 5.73 Å². The van der Waals surface area contributed by atoms with Gasteiger partial charge in [0.05, 0.1) is 39.6 Å². The fourth-order valence-electron chi connectivity index (χ4n) is 0.870. The Balaban J connectivity index is 2.90. The Bertz CT molecular complexity index is 165. The lowest BCUT2D eigenvalue weighted by atomic mass is 10.7. The Morgan fingerprint density at radius 2 is 1.31 bits per heavy atom. The molecule has 0 radical (unpaired) electrons. The van der Waals surface area contributed by atoms with E-state index < -0.39 is 0 Å². The molecule has 6 heteroatoms. The van der Waals surface area contributed by atoms with E-state index in [2.05, 4.69) is 4.74 Å². The molecule has 0 rings (SSSR count). The summed E-state index contributed by atoms with van der Waals surface area (Å²) in [5.74, 6) is -0.295. The van der Waals surface area contributed by atoms with E-state index >= 15 is 0 Å². The first-order chi connectivity index (χ1) is 7.77. The number of nitrogens with two attached hydrogens (primary N) is 1. The fourth-order valence-corrected chi connectivity index (χ4v) is 0.870. The van der Waals surface area contributed by atoms with Crippen molar-refractivity contribution in [3.63, 3.8) is 0 Å². The molecule has 2 N–H and O–H groups in total. The number of rotatable bonds is 11. The van der Waals surface area contributed by atoms with Crippen LogP contribution >= 0.6 is 0 Å². The summed E-state index contributed by atoms with van der Waals surface area (Å²) < 4.78 is 20.1. The number of carbonyl (C=O) groups is 1. The summed E-state index contributed by atoms with van der Waals surface area (Å²) in [6, 6.07) is 0. The van der Waals surface area contributed by atoms with Gasteiger partial charge < -0.3 is 24.7 Å². The van der Waals surface area contributed by atoms with Crippen molar-refractivity contribution in [3.05, 3.63) is 0 Å². The zero-order valence-electron chi connectivity index (χ0n) is 9.78. The highest BCUT2D eigenvalue weighted by molar-refractivity contribution is 5.65. The van der Waals surface area contributed by atoms with Gasteiger partial charge in [-0.25, -0.2) is 0 Å². The molecule has 0 aromatic heterocycles. The molecule has 0 saturated heterocycles. The maximum atomic E-state index is 10.4. The zero-order valence-corrected chi connectivity index (χ0v) is 9.78. The quantitative estimate of drug-likeness (QED) is 0.386. The molecule has 0 aliphatic rings. The van der Waals surface area contributed by atoms with E-state index in [1.807, 2.05) is 0 Å². The fraction of sp³-hybridized carbons (Fsp3) is 0.900. The van der Waals surface area contributed by atoms with Gasteiger partial charge in [0.1, 0.15) is 6.61 Å². The minimum absolute atomic E-state index is 0.287. The van der Waals surface area contributed by atoms with Crippen LogP contribution in [0.1, 0.15) is 6.92 Å². The van der Waals surface area contributed by atoms with E-state index in [4.69, 9.17) is 19.9 Å². The van der Waals surface area contributed by atoms with Crippen molar-refractivity contribution in [1.29, 1.82) is 0 Å². The molecule has 96 valence electrons. The minimum atomic E-state index is -0.295. The summed E-state index contributed by atoms with van der Waals surface area (Å²) in [7, 11) is 0. The number of carbonyl (C=O) groups excluding carboxylic acids is 1. The Morgan fingerprint density at radius 3 is 1.75 bits per heavy atom. The molecular weight excluding hydrogens is 214 g/mol. The zero-order chi connectivity index (χ0) is 12.1. The van der Waals surface area contributed by atoms with Crippen LogP contribution in [-0.4, -0.2) is 58.8 Å². The molecule has 6 nitrogen and oxygen atoms in total. The molecule has 0 atom stereocenters. The van der Waals surface area contributed by atoms with Crippen molar-refractivity contribution in [2.75, 3.05) is 52.8 Å². The van der Waals surface area contributed by atoms with E-state index in [0.717, 1.165) is 0 Å². The molecule has 0 aliphatic carbocycles. The third-order valence-corrected chi connectivity index (χ3v) is 1.54. The van der Waals surface area contributed by atoms with Gasteiger partial charge in [0.25, 0.3) is 0 Å². The maximum absolute atomic E-state index is 10.4. The molecule has 0 amide bonds. The predicted molar refractivity (Wildman–Crippen MR) is 58.1 cm³/mol. The van der Waals surface area contributed by atoms with Gasteiger partial charge >= 0.3 is 5.97 Å². The first-order valence-corrected chi connectivity index (χ1v) is 5.34. The van der Waals surface area contributed by atoms with Gasteiger partial charge in [-0.3, -0.25) is 4.79 Å². The van der Waals surface area contributed by atoms with Crippen LogP contribution in [0.2, 0.25) is 0 Å². The second kappa shape index (κ2) is 12.4. The van der Waals surface area contributed by atoms with Crippen molar-refractivity contribution in [1.82, 2.24) is 0 Å². The van der Waals surface area contributed by atoms with Crippen molar-refractivity contribution >= 4 is 5.97 Å². The van der Waals surface area contributed by atoms with Crippen molar-refractivity contribution in [2.45, 2.75) is 6.92 Å². The molecule has 0 aliphatic heterocycles. The predicted octanol–water partition coefficient (Wildman–Crippen LogP) is -0.442. The highest BCUT2D eigenvalue weighted by atomic mass is 16.6. The molecular formula is C10H21NO5. The monoisotopic (exact) mass is 235 g/mol. The lowest BCUT2D eigenvalue weighted by Gasteiger charge is -2.06. The van der Waals surface area contributed by atoms with Gasteiger partial charge in [0.15, 0.2) is 0 Å². The third kappa shape index (κ3) is 13.3. The summed E-state index contributed by atoms with van der Waals surface area (Å²) in [4.78, 5) is 10.4. The smallest absolute Gasteiger partial charge is 0.302 e. The van der Waals surface area contributed by atoms with E-state index in [-0.39, 0.29) is 12.6 Å². The minimum Gasteiger partial charge on any atom is -0.463 e. The maximum Gasteiger partial charge on any atom is 0.302 e. The summed E-state index contributed by atoms with van der Waals surface area (Å²) in [5.41, 5.74) is 5.24. The van der Waals surface area contributed by atoms with Crippen molar-refractivity contribution < 1.29 is 23.7 Å². The molecule has 0 fully saturated rings. The summed E-state index contributed by atoms with van der Waals surface area (Å²) in [5, 5.41) is 0. The number of ether oxygens (including phenoxy) is 4. The average Bonchev–Trinajstić information content (AvgIpc) is 2.25. The van der Waals surface area contributed by atoms with Crippen molar-refractivity contribution in [3.8, 4) is 0 Å². The highest BCUT2D eigenvalue weighted by Gasteiger charge is 1.93. The molecule has 0 heterocycles. The van der Waals surface area contributed by atoms with Crippen LogP contribution in [0.5, 0.6) is 0 Å². The Labute approximate surface area is 96.0 Å². The molecule has 0 unspecified atom stereocenters. The standard InChI is InChI=1S/C10H21NO5/c1-10(12)16-9-8-15-7-6-14-5-4-13-3-2-11/h2-9,11H2,1H3. The summed E-state index contributed by atoms with van der Waals surface area (Å²) in [6.45, 7) is 5.20. The summed E-state index contributed by atoms with van der Waals surface area (Å²) >= 11 is 0. The molecule has 0 spiro atoms. The average molecular weight is 235 g/mol. The van der Waals surface area contributed by atoms with Gasteiger partial charge in [-0.15, -0.1) is 0 Å². The van der Waals surface area contributed by atoms with Crippen LogP contribution in [-0.2, 0) is 23.7 Å². The first kappa shape index (κ1) is 15.3. The van der Waals surface area contributed by atoms with E-state index in [9.17, 15) is 4.79 Å². The molecule has 16 heavy (non-hydrogen) atoms. The van der Waals surface area contributed by atoms with E-state index in [1.165, 1.54) is 6.92 Å². The molecule has 0 aromatic carbocycles. The van der Waals surface area contributed by atoms with Gasteiger partial charge in [0.2, 0.25) is 0 Å². The lowest BCUT2D eigenvalue weighted by molar-refractivity contribution is -0.142.